The molecule has 0 aliphatic heterocycles. The van der Waals surface area contributed by atoms with Crippen molar-refractivity contribution in [3.8, 4) is 67.3 Å². The minimum atomic E-state index is 0.958. The summed E-state index contributed by atoms with van der Waals surface area (Å²) in [6.45, 7) is 0. The smallest absolute Gasteiger partial charge is 0.0715 e. The van der Waals surface area contributed by atoms with Crippen molar-refractivity contribution in [3.63, 3.8) is 0 Å². The molecular formula is C59H39N3. The Hall–Kier alpha value is -8.27. The molecular weight excluding hydrogens is 751 g/mol. The molecule has 290 valence electrons. The van der Waals surface area contributed by atoms with Crippen LogP contribution in [0.2, 0.25) is 0 Å². The van der Waals surface area contributed by atoms with E-state index >= 15 is 0 Å². The zero-order chi connectivity index (χ0) is 41.0. The summed E-state index contributed by atoms with van der Waals surface area (Å²) in [6, 6.07) is 85.3. The van der Waals surface area contributed by atoms with E-state index in [1.54, 1.807) is 0 Å². The molecule has 3 aromatic heterocycles. The zero-order valence-corrected chi connectivity index (χ0v) is 33.9. The summed E-state index contributed by atoms with van der Waals surface area (Å²) in [4.78, 5) is 5.12. The van der Waals surface area contributed by atoms with Crippen LogP contribution >= 0.6 is 0 Å². The maximum Gasteiger partial charge on any atom is 0.0715 e. The van der Waals surface area contributed by atoms with Gasteiger partial charge < -0.3 is 9.13 Å². The number of hydrogen-bond acceptors (Lipinski definition) is 1. The highest BCUT2D eigenvalue weighted by molar-refractivity contribution is 6.10. The SMILES string of the molecule is c1ccc(-c2cc(-c3cccc(-c4ccc(-c5cc(-n6c7ccccc7c7ccccc76)cc(-n6c7ccccc7c7ccccc76)c5)cc4)c3)cc(-c3ccccc3)n2)cc1. The summed E-state index contributed by atoms with van der Waals surface area (Å²) in [5, 5.41) is 4.99. The van der Waals surface area contributed by atoms with Crippen LogP contribution in [0, 0.1) is 0 Å². The van der Waals surface area contributed by atoms with E-state index in [0.29, 0.717) is 0 Å². The van der Waals surface area contributed by atoms with Crippen molar-refractivity contribution in [3.05, 3.63) is 237 Å². The quantitative estimate of drug-likeness (QED) is 0.158. The van der Waals surface area contributed by atoms with Crippen molar-refractivity contribution < 1.29 is 0 Å². The number of aromatic nitrogens is 3. The Bertz CT molecular complexity index is 3320. The molecule has 62 heavy (non-hydrogen) atoms. The van der Waals surface area contributed by atoms with Gasteiger partial charge in [-0.1, -0.05) is 176 Å². The van der Waals surface area contributed by atoms with Gasteiger partial charge in [-0.3, -0.25) is 0 Å². The number of nitrogens with zero attached hydrogens (tertiary/aromatic N) is 3. The van der Waals surface area contributed by atoms with E-state index in [1.165, 1.54) is 49.2 Å². The number of fused-ring (bicyclic) bond motifs is 6. The van der Waals surface area contributed by atoms with Gasteiger partial charge in [-0.25, -0.2) is 4.98 Å². The zero-order valence-electron chi connectivity index (χ0n) is 33.9. The van der Waals surface area contributed by atoms with Crippen LogP contribution in [-0.2, 0) is 0 Å². The van der Waals surface area contributed by atoms with Gasteiger partial charge in [-0.2, -0.15) is 0 Å². The predicted octanol–water partition coefficient (Wildman–Crippen LogP) is 15.6. The van der Waals surface area contributed by atoms with Gasteiger partial charge in [0.1, 0.15) is 0 Å². The maximum absolute atomic E-state index is 5.12. The van der Waals surface area contributed by atoms with Crippen LogP contribution in [0.4, 0.5) is 0 Å². The highest BCUT2D eigenvalue weighted by Gasteiger charge is 2.18. The second kappa shape index (κ2) is 14.8. The van der Waals surface area contributed by atoms with E-state index in [1.807, 2.05) is 12.1 Å². The van der Waals surface area contributed by atoms with Crippen LogP contribution < -0.4 is 0 Å². The minimum absolute atomic E-state index is 0.958. The summed E-state index contributed by atoms with van der Waals surface area (Å²) in [7, 11) is 0. The maximum atomic E-state index is 5.12. The van der Waals surface area contributed by atoms with Gasteiger partial charge in [-0.15, -0.1) is 0 Å². The Morgan fingerprint density at radius 3 is 1.00 bits per heavy atom. The molecule has 0 spiro atoms. The van der Waals surface area contributed by atoms with Crippen LogP contribution in [0.3, 0.4) is 0 Å². The molecule has 0 N–H and O–H groups in total. The van der Waals surface area contributed by atoms with E-state index in [2.05, 4.69) is 234 Å². The summed E-state index contributed by atoms with van der Waals surface area (Å²) >= 11 is 0. The minimum Gasteiger partial charge on any atom is -0.309 e. The highest BCUT2D eigenvalue weighted by atomic mass is 15.0. The monoisotopic (exact) mass is 789 g/mol. The third-order valence-corrected chi connectivity index (χ3v) is 12.3. The third-order valence-electron chi connectivity index (χ3n) is 12.3. The van der Waals surface area contributed by atoms with Crippen LogP contribution in [0.5, 0.6) is 0 Å². The second-order valence-electron chi connectivity index (χ2n) is 16.0. The fourth-order valence-corrected chi connectivity index (χ4v) is 9.37. The molecule has 9 aromatic carbocycles. The summed E-state index contributed by atoms with van der Waals surface area (Å²) in [5.41, 5.74) is 18.0. The predicted molar refractivity (Wildman–Crippen MR) is 260 cm³/mol. The molecule has 0 saturated heterocycles. The first kappa shape index (κ1) is 35.7. The van der Waals surface area contributed by atoms with Gasteiger partial charge in [0.05, 0.1) is 33.5 Å². The van der Waals surface area contributed by atoms with Crippen LogP contribution in [0.15, 0.2) is 237 Å². The number of hydrogen-bond donors (Lipinski definition) is 0. The summed E-state index contributed by atoms with van der Waals surface area (Å²) in [5.74, 6) is 0. The van der Waals surface area contributed by atoms with Crippen molar-refractivity contribution in [1.29, 1.82) is 0 Å². The topological polar surface area (TPSA) is 22.8 Å². The van der Waals surface area contributed by atoms with Crippen molar-refractivity contribution >= 4 is 43.6 Å². The standard InChI is InChI=1S/C59H39N3/c1-3-16-42(17-4-1)54-37-47(38-55(60-54)43-18-5-2-6-19-43)45-21-15-20-44(34-45)40-30-32-41(33-31-40)46-35-48(61-56-26-11-7-22-50(56)51-23-8-12-27-57(51)61)39-49(36-46)62-58-28-13-9-24-52(58)53-25-10-14-29-59(53)62/h1-39H. The van der Waals surface area contributed by atoms with Gasteiger partial charge in [0.25, 0.3) is 0 Å². The van der Waals surface area contributed by atoms with E-state index in [4.69, 9.17) is 4.98 Å². The lowest BCUT2D eigenvalue weighted by atomic mass is 9.95. The van der Waals surface area contributed by atoms with Crippen LogP contribution in [0.25, 0.3) is 111 Å². The van der Waals surface area contributed by atoms with Crippen molar-refractivity contribution in [2.45, 2.75) is 0 Å². The van der Waals surface area contributed by atoms with Crippen molar-refractivity contribution in [1.82, 2.24) is 14.1 Å². The van der Waals surface area contributed by atoms with E-state index in [0.717, 1.165) is 61.7 Å². The van der Waals surface area contributed by atoms with Gasteiger partial charge in [-0.05, 0) is 94.0 Å². The molecule has 12 aromatic rings. The normalized spacial score (nSPS) is 11.5. The Morgan fingerprint density at radius 2 is 0.565 bits per heavy atom. The number of rotatable bonds is 7. The first-order valence-electron chi connectivity index (χ1n) is 21.2. The molecule has 0 radical (unpaired) electrons. The molecule has 0 amide bonds. The van der Waals surface area contributed by atoms with E-state index in [-0.39, 0.29) is 0 Å². The Kier molecular flexibility index (Phi) is 8.50. The third kappa shape index (κ3) is 6.10. The molecule has 3 heteroatoms. The average Bonchev–Trinajstić information content (AvgIpc) is 3.88. The molecule has 0 unspecified atom stereocenters. The largest absolute Gasteiger partial charge is 0.309 e. The lowest BCUT2D eigenvalue weighted by Crippen LogP contribution is -2.00. The first-order valence-corrected chi connectivity index (χ1v) is 21.2. The molecule has 0 aliphatic carbocycles. The molecule has 3 heterocycles. The second-order valence-corrected chi connectivity index (χ2v) is 16.0. The molecule has 0 fully saturated rings. The molecule has 12 rings (SSSR count). The first-order chi connectivity index (χ1) is 30.7. The van der Waals surface area contributed by atoms with Crippen molar-refractivity contribution in [2.24, 2.45) is 0 Å². The lowest BCUT2D eigenvalue weighted by Gasteiger charge is -2.16. The number of pyridine rings is 1. The average molecular weight is 790 g/mol. The van der Waals surface area contributed by atoms with Gasteiger partial charge in [0.2, 0.25) is 0 Å². The van der Waals surface area contributed by atoms with E-state index in [9.17, 15) is 0 Å². The summed E-state index contributed by atoms with van der Waals surface area (Å²) in [6.07, 6.45) is 0. The Balaban J connectivity index is 0.990. The molecule has 0 saturated carbocycles. The van der Waals surface area contributed by atoms with Gasteiger partial charge in [0.15, 0.2) is 0 Å². The Morgan fingerprint density at radius 1 is 0.226 bits per heavy atom. The highest BCUT2D eigenvalue weighted by Crippen LogP contribution is 2.39. The molecule has 0 bridgehead atoms. The molecule has 0 aliphatic rings. The lowest BCUT2D eigenvalue weighted by molar-refractivity contribution is 1.13. The van der Waals surface area contributed by atoms with Gasteiger partial charge in [0, 0.05) is 44.0 Å². The fourth-order valence-electron chi connectivity index (χ4n) is 9.37. The van der Waals surface area contributed by atoms with Crippen LogP contribution in [-0.4, -0.2) is 14.1 Å². The van der Waals surface area contributed by atoms with Gasteiger partial charge >= 0.3 is 0 Å². The van der Waals surface area contributed by atoms with Crippen molar-refractivity contribution in [2.75, 3.05) is 0 Å². The van der Waals surface area contributed by atoms with Crippen LogP contribution in [0.1, 0.15) is 0 Å². The van der Waals surface area contributed by atoms with E-state index < -0.39 is 0 Å². The number of para-hydroxylation sites is 4. The fraction of sp³-hybridized carbons (Fsp3) is 0. The summed E-state index contributed by atoms with van der Waals surface area (Å²) < 4.78 is 4.86. The molecule has 0 atom stereocenters. The number of benzene rings is 9. The molecule has 3 nitrogen and oxygen atoms in total. The Labute approximate surface area is 360 Å².